The standard InChI is InChI=1S/C9H10BrN3O2/c1-5-3-4-15-8(5)7(14)6-9(10)11-12-13(6)2/h3-4,7,14H,1-2H3. The minimum absolute atomic E-state index is 0.515. The molecule has 0 aliphatic rings. The normalized spacial score (nSPS) is 13.1. The van der Waals surface area contributed by atoms with Crippen molar-refractivity contribution in [1.82, 2.24) is 15.0 Å². The maximum atomic E-state index is 10.1. The second-order valence-electron chi connectivity index (χ2n) is 3.26. The van der Waals surface area contributed by atoms with E-state index in [1.165, 1.54) is 4.68 Å². The highest BCUT2D eigenvalue weighted by Crippen LogP contribution is 2.28. The number of hydrogen-bond acceptors (Lipinski definition) is 4. The SMILES string of the molecule is Cc1ccoc1C(O)c1c(Br)nnn1C. The van der Waals surface area contributed by atoms with Crippen molar-refractivity contribution in [1.29, 1.82) is 0 Å². The molecule has 0 aliphatic carbocycles. The number of nitrogens with zero attached hydrogens (tertiary/aromatic N) is 3. The summed E-state index contributed by atoms with van der Waals surface area (Å²) >= 11 is 3.23. The van der Waals surface area contributed by atoms with Gasteiger partial charge in [0.15, 0.2) is 10.7 Å². The molecular formula is C9H10BrN3O2. The number of rotatable bonds is 2. The minimum Gasteiger partial charge on any atom is -0.466 e. The molecule has 0 fully saturated rings. The van der Waals surface area contributed by atoms with Crippen LogP contribution in [0.15, 0.2) is 21.3 Å². The third kappa shape index (κ3) is 1.70. The van der Waals surface area contributed by atoms with Crippen LogP contribution in [0.4, 0.5) is 0 Å². The molecule has 1 atom stereocenters. The second-order valence-corrected chi connectivity index (χ2v) is 4.01. The average Bonchev–Trinajstić information content (AvgIpc) is 2.73. The predicted molar refractivity (Wildman–Crippen MR) is 56.2 cm³/mol. The van der Waals surface area contributed by atoms with E-state index in [0.29, 0.717) is 16.1 Å². The van der Waals surface area contributed by atoms with Crippen molar-refractivity contribution in [3.63, 3.8) is 0 Å². The fourth-order valence-electron chi connectivity index (χ4n) is 1.42. The summed E-state index contributed by atoms with van der Waals surface area (Å²) in [6, 6.07) is 1.80. The van der Waals surface area contributed by atoms with Crippen LogP contribution < -0.4 is 0 Å². The van der Waals surface area contributed by atoms with E-state index in [4.69, 9.17) is 4.42 Å². The number of halogens is 1. The lowest BCUT2D eigenvalue weighted by Crippen LogP contribution is -2.07. The van der Waals surface area contributed by atoms with Gasteiger partial charge in [-0.25, -0.2) is 4.68 Å². The molecule has 6 heteroatoms. The Morgan fingerprint density at radius 2 is 2.33 bits per heavy atom. The van der Waals surface area contributed by atoms with Crippen molar-refractivity contribution in [3.05, 3.63) is 34.0 Å². The molecule has 1 unspecified atom stereocenters. The van der Waals surface area contributed by atoms with Crippen molar-refractivity contribution >= 4 is 15.9 Å². The average molecular weight is 272 g/mol. The number of hydrogen-bond donors (Lipinski definition) is 1. The zero-order valence-corrected chi connectivity index (χ0v) is 9.89. The summed E-state index contributed by atoms with van der Waals surface area (Å²) in [7, 11) is 1.72. The van der Waals surface area contributed by atoms with Gasteiger partial charge in [0.25, 0.3) is 0 Å². The van der Waals surface area contributed by atoms with E-state index in [9.17, 15) is 5.11 Å². The largest absolute Gasteiger partial charge is 0.466 e. The smallest absolute Gasteiger partial charge is 0.156 e. The molecule has 2 rings (SSSR count). The maximum Gasteiger partial charge on any atom is 0.156 e. The number of aryl methyl sites for hydroxylation is 2. The van der Waals surface area contributed by atoms with Crippen LogP contribution in [0.1, 0.15) is 23.1 Å². The summed E-state index contributed by atoms with van der Waals surface area (Å²) < 4.78 is 7.25. The van der Waals surface area contributed by atoms with E-state index >= 15 is 0 Å². The van der Waals surface area contributed by atoms with Crippen LogP contribution in [0.25, 0.3) is 0 Å². The van der Waals surface area contributed by atoms with Crippen LogP contribution in [-0.4, -0.2) is 20.1 Å². The number of aromatic nitrogens is 3. The highest BCUT2D eigenvalue weighted by molar-refractivity contribution is 9.10. The molecule has 2 aromatic rings. The first-order valence-electron chi connectivity index (χ1n) is 4.38. The van der Waals surface area contributed by atoms with Gasteiger partial charge in [0.2, 0.25) is 0 Å². The highest BCUT2D eigenvalue weighted by atomic mass is 79.9. The van der Waals surface area contributed by atoms with Crippen molar-refractivity contribution in [2.45, 2.75) is 13.0 Å². The number of aliphatic hydroxyl groups excluding tert-OH is 1. The summed E-state index contributed by atoms with van der Waals surface area (Å²) in [5.74, 6) is 0.515. The molecule has 0 saturated carbocycles. The third-order valence-corrected chi connectivity index (χ3v) is 2.80. The Bertz CT molecular complexity index is 458. The lowest BCUT2D eigenvalue weighted by molar-refractivity contribution is 0.178. The predicted octanol–water partition coefficient (Wildman–Crippen LogP) is 1.56. The molecule has 0 amide bonds. The Hall–Kier alpha value is -1.14. The summed E-state index contributed by atoms with van der Waals surface area (Å²) in [4.78, 5) is 0. The minimum atomic E-state index is -0.852. The molecule has 0 radical (unpaired) electrons. The molecule has 1 N–H and O–H groups in total. The van der Waals surface area contributed by atoms with Crippen LogP contribution >= 0.6 is 15.9 Å². The van der Waals surface area contributed by atoms with Gasteiger partial charge in [0, 0.05) is 7.05 Å². The molecule has 15 heavy (non-hydrogen) atoms. The molecule has 0 saturated heterocycles. The number of furan rings is 1. The van der Waals surface area contributed by atoms with E-state index in [1.54, 1.807) is 19.4 Å². The van der Waals surface area contributed by atoms with Gasteiger partial charge in [-0.05, 0) is 34.5 Å². The van der Waals surface area contributed by atoms with Crippen molar-refractivity contribution in [3.8, 4) is 0 Å². The lowest BCUT2D eigenvalue weighted by atomic mass is 10.1. The van der Waals surface area contributed by atoms with Gasteiger partial charge in [-0.1, -0.05) is 5.21 Å². The fraction of sp³-hybridized carbons (Fsp3) is 0.333. The van der Waals surface area contributed by atoms with E-state index in [1.807, 2.05) is 6.92 Å². The van der Waals surface area contributed by atoms with Gasteiger partial charge < -0.3 is 9.52 Å². The van der Waals surface area contributed by atoms with E-state index in [-0.39, 0.29) is 0 Å². The van der Waals surface area contributed by atoms with Crippen molar-refractivity contribution in [2.24, 2.45) is 7.05 Å². The number of aliphatic hydroxyl groups is 1. The van der Waals surface area contributed by atoms with Crippen LogP contribution in [-0.2, 0) is 7.05 Å². The van der Waals surface area contributed by atoms with Crippen LogP contribution in [0, 0.1) is 6.92 Å². The van der Waals surface area contributed by atoms with E-state index < -0.39 is 6.10 Å². The van der Waals surface area contributed by atoms with Crippen molar-refractivity contribution in [2.75, 3.05) is 0 Å². The topological polar surface area (TPSA) is 64.1 Å². The summed E-state index contributed by atoms with van der Waals surface area (Å²) in [6.07, 6.45) is 0.695. The van der Waals surface area contributed by atoms with E-state index in [0.717, 1.165) is 5.56 Å². The van der Waals surface area contributed by atoms with Gasteiger partial charge in [0.1, 0.15) is 11.5 Å². The van der Waals surface area contributed by atoms with Gasteiger partial charge in [-0.2, -0.15) is 0 Å². The fourth-order valence-corrected chi connectivity index (χ4v) is 1.96. The molecule has 0 aliphatic heterocycles. The molecule has 0 aromatic carbocycles. The quantitative estimate of drug-likeness (QED) is 0.901. The molecule has 80 valence electrons. The first-order chi connectivity index (χ1) is 7.11. The summed E-state index contributed by atoms with van der Waals surface area (Å²) in [5, 5.41) is 17.7. The Morgan fingerprint density at radius 3 is 2.80 bits per heavy atom. The summed E-state index contributed by atoms with van der Waals surface area (Å²) in [6.45, 7) is 1.87. The monoisotopic (exact) mass is 271 g/mol. The van der Waals surface area contributed by atoms with Crippen molar-refractivity contribution < 1.29 is 9.52 Å². The molecule has 2 heterocycles. The molecule has 2 aromatic heterocycles. The third-order valence-electron chi connectivity index (χ3n) is 2.24. The Morgan fingerprint density at radius 1 is 1.60 bits per heavy atom. The molecule has 0 spiro atoms. The molecule has 0 bridgehead atoms. The first kappa shape index (κ1) is 10.4. The molecule has 5 nitrogen and oxygen atoms in total. The second kappa shape index (κ2) is 3.79. The van der Waals surface area contributed by atoms with Gasteiger partial charge in [-0.15, -0.1) is 5.10 Å². The zero-order chi connectivity index (χ0) is 11.0. The maximum absolute atomic E-state index is 10.1. The Balaban J connectivity index is 2.45. The highest BCUT2D eigenvalue weighted by Gasteiger charge is 2.23. The van der Waals surface area contributed by atoms with Gasteiger partial charge in [0.05, 0.1) is 6.26 Å². The van der Waals surface area contributed by atoms with Crippen LogP contribution in [0.5, 0.6) is 0 Å². The molecular weight excluding hydrogens is 262 g/mol. The Labute approximate surface area is 94.8 Å². The lowest BCUT2D eigenvalue weighted by Gasteiger charge is -2.08. The summed E-state index contributed by atoms with van der Waals surface area (Å²) in [5.41, 5.74) is 1.48. The first-order valence-corrected chi connectivity index (χ1v) is 5.17. The zero-order valence-electron chi connectivity index (χ0n) is 8.31. The van der Waals surface area contributed by atoms with E-state index in [2.05, 4.69) is 26.2 Å². The Kier molecular flexibility index (Phi) is 2.62. The van der Waals surface area contributed by atoms with Crippen LogP contribution in [0.3, 0.4) is 0 Å². The van der Waals surface area contributed by atoms with Gasteiger partial charge in [-0.3, -0.25) is 0 Å². The van der Waals surface area contributed by atoms with Crippen LogP contribution in [0.2, 0.25) is 0 Å². The van der Waals surface area contributed by atoms with Gasteiger partial charge >= 0.3 is 0 Å².